The number of aromatic nitrogens is 2. The van der Waals surface area contributed by atoms with E-state index in [0.717, 1.165) is 26.1 Å². The van der Waals surface area contributed by atoms with Crippen molar-refractivity contribution in [3.63, 3.8) is 0 Å². The molecule has 0 radical (unpaired) electrons. The summed E-state index contributed by atoms with van der Waals surface area (Å²) in [5.41, 5.74) is 7.35. The van der Waals surface area contributed by atoms with E-state index in [9.17, 15) is 4.39 Å². The third kappa shape index (κ3) is 2.25. The van der Waals surface area contributed by atoms with Crippen LogP contribution in [-0.2, 0) is 4.74 Å². The van der Waals surface area contributed by atoms with E-state index in [0.29, 0.717) is 22.9 Å². The normalized spacial score (nSPS) is 18.6. The van der Waals surface area contributed by atoms with Gasteiger partial charge < -0.3 is 15.0 Å². The van der Waals surface area contributed by atoms with Gasteiger partial charge in [-0.2, -0.15) is 0 Å². The van der Waals surface area contributed by atoms with Crippen LogP contribution in [0.5, 0.6) is 0 Å². The van der Waals surface area contributed by atoms with Gasteiger partial charge in [0.1, 0.15) is 5.82 Å². The van der Waals surface area contributed by atoms with Gasteiger partial charge in [-0.25, -0.2) is 9.37 Å². The summed E-state index contributed by atoms with van der Waals surface area (Å²) in [5.74, 6) is 0.419. The quantitative estimate of drug-likeness (QED) is 0.924. The average Bonchev–Trinajstić information content (AvgIpc) is 2.75. The highest BCUT2D eigenvalue weighted by molar-refractivity contribution is 6.31. The molecular formula is C14H17ClFN3O. The summed E-state index contributed by atoms with van der Waals surface area (Å²) in [5, 5.41) is 0.0702. The van der Waals surface area contributed by atoms with Crippen molar-refractivity contribution >= 4 is 28.6 Å². The highest BCUT2D eigenvalue weighted by atomic mass is 35.5. The SMILES string of the molecule is CC(C1CCOCC1)n1c(N)nc2cc(Cl)c(F)cc21. The molecular weight excluding hydrogens is 281 g/mol. The lowest BCUT2D eigenvalue weighted by molar-refractivity contribution is 0.0521. The Morgan fingerprint density at radius 1 is 1.45 bits per heavy atom. The van der Waals surface area contributed by atoms with Gasteiger partial charge in [0.15, 0.2) is 0 Å². The van der Waals surface area contributed by atoms with Crippen LogP contribution in [0.4, 0.5) is 10.3 Å². The Bertz CT molecular complexity index is 637. The molecule has 0 saturated carbocycles. The Kier molecular flexibility index (Phi) is 3.56. The molecule has 1 aliphatic rings. The molecule has 0 bridgehead atoms. The minimum Gasteiger partial charge on any atom is -0.381 e. The number of hydrogen-bond acceptors (Lipinski definition) is 3. The average molecular weight is 298 g/mol. The first-order valence-corrected chi connectivity index (χ1v) is 7.16. The van der Waals surface area contributed by atoms with Gasteiger partial charge >= 0.3 is 0 Å². The van der Waals surface area contributed by atoms with Crippen molar-refractivity contribution in [2.75, 3.05) is 18.9 Å². The maximum Gasteiger partial charge on any atom is 0.201 e. The maximum atomic E-state index is 13.7. The van der Waals surface area contributed by atoms with Crippen molar-refractivity contribution in [1.82, 2.24) is 9.55 Å². The predicted octanol–water partition coefficient (Wildman–Crippen LogP) is 3.40. The Morgan fingerprint density at radius 2 is 2.15 bits per heavy atom. The molecule has 2 N–H and O–H groups in total. The summed E-state index contributed by atoms with van der Waals surface area (Å²) in [6.07, 6.45) is 1.96. The van der Waals surface area contributed by atoms with Gasteiger partial charge in [0.05, 0.1) is 16.1 Å². The van der Waals surface area contributed by atoms with E-state index in [-0.39, 0.29) is 11.1 Å². The first-order valence-electron chi connectivity index (χ1n) is 6.78. The van der Waals surface area contributed by atoms with Gasteiger partial charge in [-0.1, -0.05) is 11.6 Å². The summed E-state index contributed by atoms with van der Waals surface area (Å²) < 4.78 is 21.0. The first-order chi connectivity index (χ1) is 9.58. The fraction of sp³-hybridized carbons (Fsp3) is 0.500. The molecule has 0 spiro atoms. The molecule has 20 heavy (non-hydrogen) atoms. The summed E-state index contributed by atoms with van der Waals surface area (Å²) >= 11 is 5.80. The molecule has 1 unspecified atom stereocenters. The number of anilines is 1. The zero-order chi connectivity index (χ0) is 14.3. The van der Waals surface area contributed by atoms with Crippen molar-refractivity contribution in [2.24, 2.45) is 5.92 Å². The van der Waals surface area contributed by atoms with Gasteiger partial charge in [0.25, 0.3) is 0 Å². The van der Waals surface area contributed by atoms with Gasteiger partial charge in [-0.05, 0) is 31.7 Å². The van der Waals surface area contributed by atoms with E-state index < -0.39 is 5.82 Å². The fourth-order valence-electron chi connectivity index (χ4n) is 2.95. The van der Waals surface area contributed by atoms with Gasteiger partial charge in [0.2, 0.25) is 5.95 Å². The van der Waals surface area contributed by atoms with Crippen molar-refractivity contribution in [3.05, 3.63) is 23.0 Å². The molecule has 2 heterocycles. The van der Waals surface area contributed by atoms with Crippen molar-refractivity contribution in [1.29, 1.82) is 0 Å². The number of rotatable bonds is 2. The molecule has 1 saturated heterocycles. The van der Waals surface area contributed by atoms with Crippen LogP contribution in [0.1, 0.15) is 25.8 Å². The van der Waals surface area contributed by atoms with Crippen LogP contribution in [0.15, 0.2) is 12.1 Å². The van der Waals surface area contributed by atoms with Gasteiger partial charge in [-0.3, -0.25) is 0 Å². The van der Waals surface area contributed by atoms with Crippen LogP contribution in [0.25, 0.3) is 11.0 Å². The lowest BCUT2D eigenvalue weighted by atomic mass is 9.92. The lowest BCUT2D eigenvalue weighted by Crippen LogP contribution is -2.24. The fourth-order valence-corrected chi connectivity index (χ4v) is 3.10. The monoisotopic (exact) mass is 297 g/mol. The molecule has 108 valence electrons. The number of ether oxygens (including phenoxy) is 1. The van der Waals surface area contributed by atoms with Crippen LogP contribution >= 0.6 is 11.6 Å². The van der Waals surface area contributed by atoms with Crippen LogP contribution in [-0.4, -0.2) is 22.8 Å². The number of hydrogen-bond donors (Lipinski definition) is 1. The Morgan fingerprint density at radius 3 is 2.85 bits per heavy atom. The van der Waals surface area contributed by atoms with Crippen LogP contribution in [0.3, 0.4) is 0 Å². The number of fused-ring (bicyclic) bond motifs is 1. The van der Waals surface area contributed by atoms with Gasteiger partial charge in [-0.15, -0.1) is 0 Å². The van der Waals surface area contributed by atoms with Crippen molar-refractivity contribution in [2.45, 2.75) is 25.8 Å². The summed E-state index contributed by atoms with van der Waals surface area (Å²) in [6.45, 7) is 3.63. The highest BCUT2D eigenvalue weighted by Crippen LogP contribution is 2.33. The molecule has 4 nitrogen and oxygen atoms in total. The summed E-state index contributed by atoms with van der Waals surface area (Å²) in [7, 11) is 0. The molecule has 1 aromatic heterocycles. The molecule has 0 aliphatic carbocycles. The number of halogens is 2. The highest BCUT2D eigenvalue weighted by Gasteiger charge is 2.25. The third-order valence-corrected chi connectivity index (χ3v) is 4.40. The van der Waals surface area contributed by atoms with Crippen molar-refractivity contribution in [3.8, 4) is 0 Å². The summed E-state index contributed by atoms with van der Waals surface area (Å²) in [6, 6.07) is 3.09. The first kappa shape index (κ1) is 13.6. The third-order valence-electron chi connectivity index (χ3n) is 4.11. The lowest BCUT2D eigenvalue weighted by Gasteiger charge is -2.29. The van der Waals surface area contributed by atoms with Crippen LogP contribution in [0.2, 0.25) is 5.02 Å². The largest absolute Gasteiger partial charge is 0.381 e. The Balaban J connectivity index is 2.05. The molecule has 1 atom stereocenters. The molecule has 1 aromatic carbocycles. The minimum absolute atomic E-state index is 0.0702. The molecule has 2 aromatic rings. The number of benzene rings is 1. The van der Waals surface area contributed by atoms with Crippen molar-refractivity contribution < 1.29 is 9.13 Å². The van der Waals surface area contributed by atoms with E-state index in [4.69, 9.17) is 22.1 Å². The van der Waals surface area contributed by atoms with Gasteiger partial charge in [0, 0.05) is 25.3 Å². The van der Waals surface area contributed by atoms with Crippen LogP contribution in [0, 0.1) is 11.7 Å². The van der Waals surface area contributed by atoms with Crippen LogP contribution < -0.4 is 5.73 Å². The Labute approximate surface area is 121 Å². The van der Waals surface area contributed by atoms with E-state index >= 15 is 0 Å². The van der Waals surface area contributed by atoms with E-state index in [1.54, 1.807) is 0 Å². The topological polar surface area (TPSA) is 53.1 Å². The molecule has 3 rings (SSSR count). The number of imidazole rings is 1. The zero-order valence-electron chi connectivity index (χ0n) is 11.3. The second kappa shape index (κ2) is 5.22. The second-order valence-electron chi connectivity index (χ2n) is 5.29. The Hall–Kier alpha value is -1.33. The molecule has 6 heteroatoms. The maximum absolute atomic E-state index is 13.7. The minimum atomic E-state index is -0.445. The van der Waals surface area contributed by atoms with E-state index in [1.807, 2.05) is 4.57 Å². The van der Waals surface area contributed by atoms with E-state index in [1.165, 1.54) is 12.1 Å². The number of nitrogens with two attached hydrogens (primary N) is 1. The zero-order valence-corrected chi connectivity index (χ0v) is 12.0. The molecule has 1 aliphatic heterocycles. The molecule has 0 amide bonds. The standard InChI is InChI=1S/C14H17ClFN3O/c1-8(9-2-4-20-5-3-9)19-13-7-11(16)10(15)6-12(13)18-14(19)17/h6-9H,2-5H2,1H3,(H2,17,18). The van der Waals surface area contributed by atoms with E-state index in [2.05, 4.69) is 11.9 Å². The molecule has 1 fully saturated rings. The smallest absolute Gasteiger partial charge is 0.201 e. The number of nitrogen functional groups attached to an aromatic ring is 1. The predicted molar refractivity (Wildman–Crippen MR) is 77.4 cm³/mol. The second-order valence-corrected chi connectivity index (χ2v) is 5.69. The number of nitrogens with zero attached hydrogens (tertiary/aromatic N) is 2. The summed E-state index contributed by atoms with van der Waals surface area (Å²) in [4.78, 5) is 4.29.